The van der Waals surface area contributed by atoms with Gasteiger partial charge in [0.05, 0.1) is 28.6 Å². The van der Waals surface area contributed by atoms with E-state index in [2.05, 4.69) is 93.4 Å². The summed E-state index contributed by atoms with van der Waals surface area (Å²) in [7, 11) is 0. The second-order valence-corrected chi connectivity index (χ2v) is 11.2. The van der Waals surface area contributed by atoms with Crippen molar-refractivity contribution in [2.24, 2.45) is 0 Å². The molecule has 48 heavy (non-hydrogen) atoms. The molecule has 9 aromatic rings. The Kier molecular flexibility index (Phi) is 8.76. The molecule has 0 aliphatic rings. The van der Waals surface area contributed by atoms with Gasteiger partial charge in [-0.25, -0.2) is 0 Å². The maximum Gasteiger partial charge on any atom is 0.121 e. The fourth-order valence-electron chi connectivity index (χ4n) is 5.88. The third-order valence-electron chi connectivity index (χ3n) is 8.11. The number of aryl methyl sites for hydroxylation is 1. The van der Waals surface area contributed by atoms with Crippen molar-refractivity contribution in [3.05, 3.63) is 170 Å². The first-order valence-corrected chi connectivity index (χ1v) is 15.4. The van der Waals surface area contributed by atoms with Crippen LogP contribution in [-0.4, -0.2) is 19.5 Å². The molecular formula is C42H28IrN4O-2. The van der Waals surface area contributed by atoms with E-state index in [-0.39, 0.29) is 20.1 Å². The first-order valence-electron chi connectivity index (χ1n) is 15.4. The first kappa shape index (κ1) is 30.9. The molecule has 9 rings (SSSR count). The third kappa shape index (κ3) is 5.95. The van der Waals surface area contributed by atoms with Gasteiger partial charge in [-0.3, -0.25) is 9.97 Å². The predicted molar refractivity (Wildman–Crippen MR) is 189 cm³/mol. The van der Waals surface area contributed by atoms with Gasteiger partial charge in [0.2, 0.25) is 0 Å². The fourth-order valence-corrected chi connectivity index (χ4v) is 5.88. The van der Waals surface area contributed by atoms with Gasteiger partial charge in [-0.05, 0) is 54.1 Å². The molecule has 0 aliphatic heterocycles. The number of rotatable bonds is 4. The molecule has 5 nitrogen and oxygen atoms in total. The van der Waals surface area contributed by atoms with Crippen LogP contribution in [0, 0.1) is 19.1 Å². The van der Waals surface area contributed by atoms with Crippen LogP contribution < -0.4 is 0 Å². The van der Waals surface area contributed by atoms with Crippen molar-refractivity contribution >= 4 is 33.0 Å². The molecule has 0 amide bonds. The number of pyridine rings is 2. The van der Waals surface area contributed by atoms with E-state index in [1.54, 1.807) is 6.20 Å². The zero-order valence-corrected chi connectivity index (χ0v) is 28.4. The van der Waals surface area contributed by atoms with E-state index in [1.165, 1.54) is 0 Å². The van der Waals surface area contributed by atoms with Crippen LogP contribution >= 0.6 is 0 Å². The maximum absolute atomic E-state index is 6.51. The van der Waals surface area contributed by atoms with Crippen molar-refractivity contribution in [1.29, 1.82) is 0 Å². The molecule has 0 bridgehead atoms. The van der Waals surface area contributed by atoms with E-state index in [0.29, 0.717) is 0 Å². The van der Waals surface area contributed by atoms with Crippen LogP contribution in [0.25, 0.3) is 72.4 Å². The summed E-state index contributed by atoms with van der Waals surface area (Å²) in [6.07, 6.45) is 3.62. The molecule has 0 spiro atoms. The van der Waals surface area contributed by atoms with Gasteiger partial charge < -0.3 is 14.0 Å². The molecule has 0 aliphatic carbocycles. The van der Waals surface area contributed by atoms with Crippen molar-refractivity contribution in [2.75, 3.05) is 0 Å². The van der Waals surface area contributed by atoms with Crippen molar-refractivity contribution < 1.29 is 24.5 Å². The molecule has 4 aromatic heterocycles. The Morgan fingerprint density at radius 2 is 1.46 bits per heavy atom. The van der Waals surface area contributed by atoms with Crippen LogP contribution in [-0.2, 0) is 20.1 Å². The average molecular weight is 797 g/mol. The number of fused-ring (bicyclic) bond motifs is 4. The van der Waals surface area contributed by atoms with Crippen LogP contribution in [0.15, 0.2) is 156 Å². The molecule has 5 aromatic carbocycles. The molecule has 233 valence electrons. The van der Waals surface area contributed by atoms with Gasteiger partial charge >= 0.3 is 0 Å². The van der Waals surface area contributed by atoms with Gasteiger partial charge in [0.25, 0.3) is 0 Å². The molecule has 6 heteroatoms. The summed E-state index contributed by atoms with van der Waals surface area (Å²) < 4.78 is 8.68. The largest absolute Gasteiger partial charge is 0.501 e. The van der Waals surface area contributed by atoms with E-state index in [4.69, 9.17) is 9.40 Å². The number of imidazole rings is 1. The van der Waals surface area contributed by atoms with Crippen molar-refractivity contribution in [3.8, 4) is 39.5 Å². The molecule has 0 atom stereocenters. The molecule has 0 saturated heterocycles. The van der Waals surface area contributed by atoms with Crippen LogP contribution in [0.2, 0.25) is 0 Å². The van der Waals surface area contributed by atoms with Gasteiger partial charge in [-0.2, -0.15) is 0 Å². The summed E-state index contributed by atoms with van der Waals surface area (Å²) in [5.74, 6) is 0.784. The van der Waals surface area contributed by atoms with Gasteiger partial charge in [0.1, 0.15) is 5.58 Å². The van der Waals surface area contributed by atoms with Gasteiger partial charge in [-0.1, -0.05) is 83.7 Å². The second kappa shape index (κ2) is 13.6. The molecule has 1 radical (unpaired) electrons. The molecule has 4 heterocycles. The zero-order chi connectivity index (χ0) is 31.6. The smallest absolute Gasteiger partial charge is 0.121 e. The van der Waals surface area contributed by atoms with Gasteiger partial charge in [0.15, 0.2) is 0 Å². The number of hydrogen-bond acceptors (Lipinski definition) is 4. The van der Waals surface area contributed by atoms with Crippen molar-refractivity contribution in [1.82, 2.24) is 19.5 Å². The number of furan rings is 1. The summed E-state index contributed by atoms with van der Waals surface area (Å²) in [5.41, 5.74) is 10.6. The monoisotopic (exact) mass is 797 g/mol. The number of para-hydroxylation sites is 1. The Hall–Kier alpha value is -5.68. The molecule has 0 unspecified atom stereocenters. The predicted octanol–water partition coefficient (Wildman–Crippen LogP) is 10.3. The second-order valence-electron chi connectivity index (χ2n) is 11.2. The number of hydrogen-bond donors (Lipinski definition) is 0. The summed E-state index contributed by atoms with van der Waals surface area (Å²) in [4.78, 5) is 13.7. The molecule has 0 N–H and O–H groups in total. The van der Waals surface area contributed by atoms with Crippen LogP contribution in [0.1, 0.15) is 5.69 Å². The van der Waals surface area contributed by atoms with Crippen molar-refractivity contribution in [3.63, 3.8) is 0 Å². The quantitative estimate of drug-likeness (QED) is 0.167. The molecule has 0 fully saturated rings. The summed E-state index contributed by atoms with van der Waals surface area (Å²) in [6.45, 7) is 2.00. The van der Waals surface area contributed by atoms with Gasteiger partial charge in [0, 0.05) is 43.1 Å². The van der Waals surface area contributed by atoms with Crippen LogP contribution in [0.4, 0.5) is 0 Å². The Bertz CT molecular complexity index is 2420. The number of benzene rings is 5. The van der Waals surface area contributed by atoms with Crippen LogP contribution in [0.5, 0.6) is 0 Å². The molecular weight excluding hydrogens is 769 g/mol. The van der Waals surface area contributed by atoms with Crippen molar-refractivity contribution in [2.45, 2.75) is 6.92 Å². The zero-order valence-electron chi connectivity index (χ0n) is 26.0. The van der Waals surface area contributed by atoms with E-state index >= 15 is 0 Å². The standard InChI is InChI=1S/C31H20N3O.C11H8N.Ir/c1-20-17-28-27(19-32-20)33-31(34(28)23-11-6-3-7-12-23)26-14-8-13-25-24-16-15-22(18-29(24)35-30(25)26)21-9-4-2-5-10-21;1-2-6-10(7-3-1)11-8-4-5-9-12-11;/h2-13,15-19H,1H3;1-6,8-9H;/q2*-1;. The van der Waals surface area contributed by atoms with E-state index in [1.807, 2.05) is 85.9 Å². The summed E-state index contributed by atoms with van der Waals surface area (Å²) in [5, 5.41) is 2.13. The van der Waals surface area contributed by atoms with E-state index in [0.717, 1.165) is 78.1 Å². The van der Waals surface area contributed by atoms with Crippen LogP contribution in [0.3, 0.4) is 0 Å². The fraction of sp³-hybridized carbons (Fsp3) is 0.0238. The van der Waals surface area contributed by atoms with E-state index in [9.17, 15) is 0 Å². The number of aromatic nitrogens is 4. The normalized spacial score (nSPS) is 10.9. The van der Waals surface area contributed by atoms with E-state index < -0.39 is 0 Å². The summed E-state index contributed by atoms with van der Waals surface area (Å²) >= 11 is 0. The Labute approximate surface area is 291 Å². The maximum atomic E-state index is 6.51. The number of nitrogens with zero attached hydrogens (tertiary/aromatic N) is 4. The minimum absolute atomic E-state index is 0. The SMILES string of the molecule is Cc1cc2c(cn1)nc(-c1[c-]ccc3c1oc1cc(-c4ccccc4)ccc13)n2-c1ccccc1.[Ir].[c-]1ccccc1-c1ccccn1. The van der Waals surface area contributed by atoms with Gasteiger partial charge in [-0.15, -0.1) is 54.1 Å². The summed E-state index contributed by atoms with van der Waals surface area (Å²) in [6, 6.07) is 53.4. The third-order valence-corrected chi connectivity index (χ3v) is 8.11. The Morgan fingerprint density at radius 3 is 2.23 bits per heavy atom. The Balaban J connectivity index is 0.000000237. The minimum Gasteiger partial charge on any atom is -0.501 e. The first-order chi connectivity index (χ1) is 23.2. The molecule has 0 saturated carbocycles. The average Bonchev–Trinajstić information content (AvgIpc) is 3.71. The minimum atomic E-state index is 0. The Morgan fingerprint density at radius 1 is 0.667 bits per heavy atom. The topological polar surface area (TPSA) is 56.7 Å².